The van der Waals surface area contributed by atoms with Gasteiger partial charge in [-0.1, -0.05) is 60.1 Å². The SMILES string of the molecule is COc1ccc(Cl)c(Oc2c(OCCO)cc(C(=O)Nc3ccccc3)cc2N(C2=COC(Cc3ccccc3)O2)S(=O)[O-])c1. The van der Waals surface area contributed by atoms with Gasteiger partial charge >= 0.3 is 0 Å². The number of ether oxygens (including phenoxy) is 5. The maximum absolute atomic E-state index is 13.4. The fourth-order valence-corrected chi connectivity index (χ4v) is 5.03. The standard InChI is InChI=1S/C32H29ClN2O9S/c1-40-24-12-13-25(33)27(19-24)43-31-26(35(45(38)39)29-20-42-30(44-29)16-21-8-4-2-5-9-21)17-22(18-28(31)41-15-14-36)32(37)34-23-10-6-3-7-11-23/h2-13,17-20,30,36H,14-16H2,1H3,(H,34,37)(H,38,39)/p-1. The molecule has 0 aliphatic carbocycles. The highest BCUT2D eigenvalue weighted by Crippen LogP contribution is 2.46. The van der Waals surface area contributed by atoms with Crippen LogP contribution in [0.2, 0.25) is 5.02 Å². The number of carbonyl (C=O) groups excluding carboxylic acids is 1. The summed E-state index contributed by atoms with van der Waals surface area (Å²) in [5.41, 5.74) is 1.27. The second-order valence-electron chi connectivity index (χ2n) is 9.45. The molecule has 1 heterocycles. The summed E-state index contributed by atoms with van der Waals surface area (Å²) in [4.78, 5) is 13.4. The minimum atomic E-state index is -3.02. The van der Waals surface area contributed by atoms with Gasteiger partial charge in [-0.2, -0.15) is 0 Å². The zero-order valence-corrected chi connectivity index (χ0v) is 25.5. The Morgan fingerprint density at radius 2 is 1.78 bits per heavy atom. The first kappa shape index (κ1) is 31.7. The third-order valence-corrected chi connectivity index (χ3v) is 7.40. The Morgan fingerprint density at radius 1 is 1.04 bits per heavy atom. The highest BCUT2D eigenvalue weighted by atomic mass is 35.5. The number of aliphatic hydroxyl groups is 1. The molecule has 45 heavy (non-hydrogen) atoms. The van der Waals surface area contributed by atoms with Crippen LogP contribution in [-0.2, 0) is 27.2 Å². The van der Waals surface area contributed by atoms with E-state index in [0.29, 0.717) is 17.9 Å². The van der Waals surface area contributed by atoms with Crippen LogP contribution in [0.3, 0.4) is 0 Å². The van der Waals surface area contributed by atoms with E-state index < -0.39 is 23.5 Å². The molecule has 234 valence electrons. The van der Waals surface area contributed by atoms with E-state index in [0.717, 1.165) is 16.1 Å². The van der Waals surface area contributed by atoms with E-state index in [1.165, 1.54) is 25.3 Å². The number of hydrogen-bond donors (Lipinski definition) is 2. The molecule has 0 bridgehead atoms. The van der Waals surface area contributed by atoms with Crippen LogP contribution >= 0.6 is 11.6 Å². The molecule has 2 N–H and O–H groups in total. The van der Waals surface area contributed by atoms with Gasteiger partial charge in [-0.05, 0) is 42.0 Å². The van der Waals surface area contributed by atoms with Crippen molar-refractivity contribution in [1.29, 1.82) is 0 Å². The summed E-state index contributed by atoms with van der Waals surface area (Å²) in [7, 11) is 1.46. The average Bonchev–Trinajstić information content (AvgIpc) is 3.50. The molecule has 5 rings (SSSR count). The van der Waals surface area contributed by atoms with Gasteiger partial charge in [0.1, 0.15) is 30.1 Å². The second kappa shape index (κ2) is 14.8. The van der Waals surface area contributed by atoms with Crippen LogP contribution in [0, 0.1) is 0 Å². The Morgan fingerprint density at radius 3 is 2.47 bits per heavy atom. The summed E-state index contributed by atoms with van der Waals surface area (Å²) < 4.78 is 55.4. The van der Waals surface area contributed by atoms with Crippen molar-refractivity contribution in [3.63, 3.8) is 0 Å². The van der Waals surface area contributed by atoms with Crippen molar-refractivity contribution in [3.8, 4) is 23.0 Å². The topological polar surface area (TPSA) is 139 Å². The molecule has 0 fully saturated rings. The summed E-state index contributed by atoms with van der Waals surface area (Å²) in [5.74, 6) is -0.456. The number of nitrogens with zero attached hydrogens (tertiary/aromatic N) is 1. The van der Waals surface area contributed by atoms with Crippen molar-refractivity contribution >= 4 is 40.1 Å². The van der Waals surface area contributed by atoms with Crippen molar-refractivity contribution in [2.75, 3.05) is 29.9 Å². The fraction of sp³-hybridized carbons (Fsp3) is 0.156. The minimum absolute atomic E-state index is 0.0154. The molecule has 2 unspecified atom stereocenters. The Labute approximate surface area is 266 Å². The lowest BCUT2D eigenvalue weighted by molar-refractivity contribution is -0.0298. The molecular weight excluding hydrogens is 624 g/mol. The lowest BCUT2D eigenvalue weighted by Gasteiger charge is -2.29. The third-order valence-electron chi connectivity index (χ3n) is 6.41. The number of benzene rings is 4. The van der Waals surface area contributed by atoms with Gasteiger partial charge < -0.3 is 38.7 Å². The van der Waals surface area contributed by atoms with E-state index >= 15 is 0 Å². The summed E-state index contributed by atoms with van der Waals surface area (Å²) in [6, 6.07) is 25.4. The molecule has 0 radical (unpaired) electrons. The molecular formula is C32H28ClN2O9S-. The van der Waals surface area contributed by atoms with Crippen LogP contribution < -0.4 is 23.8 Å². The summed E-state index contributed by atoms with van der Waals surface area (Å²) in [5, 5.41) is 12.5. The minimum Gasteiger partial charge on any atom is -0.755 e. The lowest BCUT2D eigenvalue weighted by Crippen LogP contribution is -2.28. The van der Waals surface area contributed by atoms with Crippen LogP contribution in [0.15, 0.2) is 103 Å². The van der Waals surface area contributed by atoms with E-state index in [1.54, 1.807) is 42.5 Å². The lowest BCUT2D eigenvalue weighted by atomic mass is 10.1. The monoisotopic (exact) mass is 651 g/mol. The molecule has 0 saturated carbocycles. The van der Waals surface area contributed by atoms with E-state index in [9.17, 15) is 18.7 Å². The molecule has 1 aliphatic rings. The Balaban J connectivity index is 1.60. The van der Waals surface area contributed by atoms with Crippen molar-refractivity contribution in [2.45, 2.75) is 12.7 Å². The molecule has 2 atom stereocenters. The first-order valence-corrected chi connectivity index (χ1v) is 15.0. The number of anilines is 2. The number of halogens is 1. The summed E-state index contributed by atoms with van der Waals surface area (Å²) >= 11 is 3.41. The van der Waals surface area contributed by atoms with Crippen molar-refractivity contribution in [1.82, 2.24) is 0 Å². The number of nitrogens with one attached hydrogen (secondary N) is 1. The number of amides is 1. The highest BCUT2D eigenvalue weighted by Gasteiger charge is 2.31. The number of para-hydroxylation sites is 1. The normalized spacial score (nSPS) is 14.4. The second-order valence-corrected chi connectivity index (χ2v) is 10.7. The van der Waals surface area contributed by atoms with Crippen LogP contribution in [0.1, 0.15) is 15.9 Å². The molecule has 1 aliphatic heterocycles. The molecule has 0 aromatic heterocycles. The van der Waals surface area contributed by atoms with Gasteiger partial charge in [0.05, 0.1) is 30.0 Å². The average molecular weight is 652 g/mol. The number of rotatable bonds is 13. The van der Waals surface area contributed by atoms with Gasteiger partial charge in [-0.15, -0.1) is 0 Å². The predicted molar refractivity (Wildman–Crippen MR) is 167 cm³/mol. The maximum Gasteiger partial charge on any atom is 0.255 e. The van der Waals surface area contributed by atoms with E-state index in [1.807, 2.05) is 30.3 Å². The first-order valence-electron chi connectivity index (χ1n) is 13.6. The van der Waals surface area contributed by atoms with E-state index in [4.69, 9.17) is 35.3 Å². The van der Waals surface area contributed by atoms with Crippen LogP contribution in [-0.4, -0.2) is 46.4 Å². The highest BCUT2D eigenvalue weighted by molar-refractivity contribution is 7.80. The fourth-order valence-electron chi connectivity index (χ4n) is 4.35. The largest absolute Gasteiger partial charge is 0.755 e. The third kappa shape index (κ3) is 7.86. The number of carbonyl (C=O) groups is 1. The van der Waals surface area contributed by atoms with Crippen molar-refractivity contribution in [2.24, 2.45) is 0 Å². The van der Waals surface area contributed by atoms with Gasteiger partial charge in [0.2, 0.25) is 12.2 Å². The summed E-state index contributed by atoms with van der Waals surface area (Å²) in [6.07, 6.45) is 0.657. The van der Waals surface area contributed by atoms with Gasteiger partial charge in [0.25, 0.3) is 5.91 Å². The van der Waals surface area contributed by atoms with Gasteiger partial charge in [0.15, 0.2) is 11.5 Å². The van der Waals surface area contributed by atoms with Crippen LogP contribution in [0.5, 0.6) is 23.0 Å². The Kier molecular flexibility index (Phi) is 10.4. The molecule has 13 heteroatoms. The molecule has 0 spiro atoms. The zero-order chi connectivity index (χ0) is 31.8. The smallest absolute Gasteiger partial charge is 0.255 e. The molecule has 4 aromatic rings. The van der Waals surface area contributed by atoms with Crippen LogP contribution in [0.4, 0.5) is 11.4 Å². The van der Waals surface area contributed by atoms with Gasteiger partial charge in [0, 0.05) is 23.7 Å². The zero-order valence-electron chi connectivity index (χ0n) is 23.9. The maximum atomic E-state index is 13.4. The molecule has 0 saturated heterocycles. The number of aliphatic hydroxyl groups excluding tert-OH is 1. The van der Waals surface area contributed by atoms with Crippen molar-refractivity contribution < 1.29 is 42.3 Å². The van der Waals surface area contributed by atoms with Crippen molar-refractivity contribution in [3.05, 3.63) is 119 Å². The quantitative estimate of drug-likeness (QED) is 0.172. The van der Waals surface area contributed by atoms with E-state index in [-0.39, 0.29) is 52.6 Å². The number of methoxy groups -OCH3 is 1. The Hall–Kier alpha value is -4.75. The Bertz CT molecular complexity index is 1690. The predicted octanol–water partition coefficient (Wildman–Crippen LogP) is 5.78. The summed E-state index contributed by atoms with van der Waals surface area (Å²) in [6.45, 7) is -0.580. The molecule has 1 amide bonds. The molecule has 11 nitrogen and oxygen atoms in total. The first-order chi connectivity index (χ1) is 21.9. The van der Waals surface area contributed by atoms with Gasteiger partial charge in [-0.25, -0.2) is 4.31 Å². The molecule has 4 aromatic carbocycles. The number of hydrogen-bond acceptors (Lipinski definition) is 9. The van der Waals surface area contributed by atoms with E-state index in [2.05, 4.69) is 5.32 Å². The van der Waals surface area contributed by atoms with Crippen LogP contribution in [0.25, 0.3) is 0 Å². The van der Waals surface area contributed by atoms with Gasteiger partial charge in [-0.3, -0.25) is 9.00 Å².